The lowest BCUT2D eigenvalue weighted by atomic mass is 10.1. The molecule has 3 rings (SSSR count). The maximum Gasteiger partial charge on any atom is 0.122 e. The zero-order valence-electron chi connectivity index (χ0n) is 10.2. The first-order valence-electron chi connectivity index (χ1n) is 6.01. The number of aromatic hydroxyl groups is 1. The van der Waals surface area contributed by atoms with Crippen LogP contribution in [0.15, 0.2) is 54.7 Å². The first-order valence-corrected chi connectivity index (χ1v) is 6.01. The highest BCUT2D eigenvalue weighted by Crippen LogP contribution is 2.18. The summed E-state index contributed by atoms with van der Waals surface area (Å²) in [7, 11) is 0. The summed E-state index contributed by atoms with van der Waals surface area (Å²) in [4.78, 5) is 8.72. The third-order valence-electron chi connectivity index (χ3n) is 2.85. The monoisotopic (exact) mass is 248 g/mol. The van der Waals surface area contributed by atoms with Crippen molar-refractivity contribution in [2.75, 3.05) is 0 Å². The van der Waals surface area contributed by atoms with E-state index in [0.29, 0.717) is 0 Å². The van der Waals surface area contributed by atoms with Gasteiger partial charge in [-0.3, -0.25) is 4.98 Å². The lowest BCUT2D eigenvalue weighted by molar-refractivity contribution is 0.474. The zero-order chi connectivity index (χ0) is 13.1. The molecule has 92 valence electrons. The number of phenols is 1. The third-order valence-corrected chi connectivity index (χ3v) is 2.85. The topological polar surface area (TPSA) is 46.0 Å². The number of fused-ring (bicyclic) bond motifs is 1. The van der Waals surface area contributed by atoms with E-state index in [1.807, 2.05) is 48.6 Å². The summed E-state index contributed by atoms with van der Waals surface area (Å²) in [6, 6.07) is 14.8. The zero-order valence-corrected chi connectivity index (χ0v) is 10.2. The summed E-state index contributed by atoms with van der Waals surface area (Å²) in [5.74, 6) is 0.265. The summed E-state index contributed by atoms with van der Waals surface area (Å²) in [5, 5.41) is 9.68. The van der Waals surface area contributed by atoms with Gasteiger partial charge in [0, 0.05) is 11.8 Å². The summed E-state index contributed by atoms with van der Waals surface area (Å²) >= 11 is 0. The molecule has 1 aromatic carbocycles. The summed E-state index contributed by atoms with van der Waals surface area (Å²) in [6.45, 7) is 0. The van der Waals surface area contributed by atoms with E-state index in [-0.39, 0.29) is 5.75 Å². The molecule has 0 spiro atoms. The van der Waals surface area contributed by atoms with Crippen molar-refractivity contribution in [1.29, 1.82) is 0 Å². The Bertz CT molecular complexity index is 750. The van der Waals surface area contributed by atoms with Crippen molar-refractivity contribution < 1.29 is 5.11 Å². The van der Waals surface area contributed by atoms with Gasteiger partial charge in [-0.1, -0.05) is 18.2 Å². The van der Waals surface area contributed by atoms with Crippen LogP contribution in [0.1, 0.15) is 11.3 Å². The Morgan fingerprint density at radius 1 is 0.842 bits per heavy atom. The molecule has 2 heterocycles. The van der Waals surface area contributed by atoms with Crippen molar-refractivity contribution in [3.63, 3.8) is 0 Å². The number of para-hydroxylation sites is 1. The van der Waals surface area contributed by atoms with E-state index in [2.05, 4.69) is 9.97 Å². The number of hydrogen-bond donors (Lipinski definition) is 1. The summed E-state index contributed by atoms with van der Waals surface area (Å²) in [6.07, 6.45) is 5.48. The molecule has 0 aliphatic rings. The molecule has 1 N–H and O–H groups in total. The molecule has 2 aromatic heterocycles. The predicted molar refractivity (Wildman–Crippen MR) is 76.6 cm³/mol. The smallest absolute Gasteiger partial charge is 0.122 e. The number of nitrogens with zero attached hydrogens (tertiary/aromatic N) is 2. The van der Waals surface area contributed by atoms with Gasteiger partial charge in [-0.15, -0.1) is 0 Å². The lowest BCUT2D eigenvalue weighted by Gasteiger charge is -1.99. The number of aromatic nitrogens is 2. The lowest BCUT2D eigenvalue weighted by Crippen LogP contribution is -1.84. The molecule has 0 aliphatic carbocycles. The number of hydrogen-bond acceptors (Lipinski definition) is 3. The highest BCUT2D eigenvalue weighted by atomic mass is 16.3. The molecule has 0 saturated heterocycles. The molecule has 3 heteroatoms. The highest BCUT2D eigenvalue weighted by molar-refractivity contribution is 5.77. The minimum Gasteiger partial charge on any atom is -0.507 e. The standard InChI is InChI=1S/C16H12N2O/c19-16-6-2-1-4-12(16)7-8-13-9-10-14-15(18-13)5-3-11-17-14/h1-11,19H. The number of pyridine rings is 2. The Morgan fingerprint density at radius 3 is 2.63 bits per heavy atom. The minimum atomic E-state index is 0.265. The molecule has 3 aromatic rings. The van der Waals surface area contributed by atoms with Crippen molar-refractivity contribution in [1.82, 2.24) is 9.97 Å². The first kappa shape index (κ1) is 11.4. The maximum atomic E-state index is 9.68. The van der Waals surface area contributed by atoms with Crippen LogP contribution in [-0.2, 0) is 0 Å². The quantitative estimate of drug-likeness (QED) is 0.755. The fraction of sp³-hybridized carbons (Fsp3) is 0. The van der Waals surface area contributed by atoms with Crippen molar-refractivity contribution in [3.05, 3.63) is 66.0 Å². The van der Waals surface area contributed by atoms with Gasteiger partial charge in [0.1, 0.15) is 5.75 Å². The van der Waals surface area contributed by atoms with E-state index in [9.17, 15) is 5.11 Å². The van der Waals surface area contributed by atoms with Crippen LogP contribution in [0.5, 0.6) is 5.75 Å². The van der Waals surface area contributed by atoms with Crippen molar-refractivity contribution in [2.24, 2.45) is 0 Å². The fourth-order valence-electron chi connectivity index (χ4n) is 1.87. The van der Waals surface area contributed by atoms with Crippen LogP contribution in [0.25, 0.3) is 23.2 Å². The molecule has 0 amide bonds. The van der Waals surface area contributed by atoms with Gasteiger partial charge >= 0.3 is 0 Å². The van der Waals surface area contributed by atoms with Gasteiger partial charge in [0.05, 0.1) is 16.7 Å². The van der Waals surface area contributed by atoms with Gasteiger partial charge in [-0.25, -0.2) is 4.98 Å². The highest BCUT2D eigenvalue weighted by Gasteiger charge is 1.97. The number of benzene rings is 1. The van der Waals surface area contributed by atoms with E-state index >= 15 is 0 Å². The average Bonchev–Trinajstić information content (AvgIpc) is 2.46. The fourth-order valence-corrected chi connectivity index (χ4v) is 1.87. The van der Waals surface area contributed by atoms with Crippen LogP contribution in [0, 0.1) is 0 Å². The molecule has 0 bridgehead atoms. The molecule has 0 fully saturated rings. The van der Waals surface area contributed by atoms with Crippen LogP contribution < -0.4 is 0 Å². The largest absolute Gasteiger partial charge is 0.507 e. The van der Waals surface area contributed by atoms with Crippen molar-refractivity contribution >= 4 is 23.2 Å². The number of phenolic OH excluding ortho intramolecular Hbond substituents is 1. The third kappa shape index (κ3) is 2.45. The average molecular weight is 248 g/mol. The SMILES string of the molecule is Oc1ccccc1C=Cc1ccc2ncccc2n1. The second-order valence-electron chi connectivity index (χ2n) is 4.17. The van der Waals surface area contributed by atoms with Gasteiger partial charge in [0.15, 0.2) is 0 Å². The van der Waals surface area contributed by atoms with Crippen molar-refractivity contribution in [2.45, 2.75) is 0 Å². The van der Waals surface area contributed by atoms with Crippen LogP contribution in [0.2, 0.25) is 0 Å². The van der Waals surface area contributed by atoms with E-state index < -0.39 is 0 Å². The van der Waals surface area contributed by atoms with E-state index in [0.717, 1.165) is 22.3 Å². The van der Waals surface area contributed by atoms with Crippen LogP contribution in [0.3, 0.4) is 0 Å². The molecule has 19 heavy (non-hydrogen) atoms. The molecular formula is C16H12N2O. The minimum absolute atomic E-state index is 0.265. The van der Waals surface area contributed by atoms with Gasteiger partial charge in [0.2, 0.25) is 0 Å². The van der Waals surface area contributed by atoms with Crippen LogP contribution in [0.4, 0.5) is 0 Å². The van der Waals surface area contributed by atoms with E-state index in [1.54, 1.807) is 18.3 Å². The Hall–Kier alpha value is -2.68. The maximum absolute atomic E-state index is 9.68. The van der Waals surface area contributed by atoms with Gasteiger partial charge < -0.3 is 5.11 Å². The molecule has 0 atom stereocenters. The van der Waals surface area contributed by atoms with Gasteiger partial charge in [0.25, 0.3) is 0 Å². The summed E-state index contributed by atoms with van der Waals surface area (Å²) < 4.78 is 0. The summed E-state index contributed by atoms with van der Waals surface area (Å²) in [5.41, 5.74) is 3.35. The molecule has 0 saturated carbocycles. The molecular weight excluding hydrogens is 236 g/mol. The molecule has 0 aliphatic heterocycles. The van der Waals surface area contributed by atoms with Crippen LogP contribution in [-0.4, -0.2) is 15.1 Å². The molecule has 0 unspecified atom stereocenters. The molecule has 0 radical (unpaired) electrons. The molecule has 3 nitrogen and oxygen atoms in total. The Labute approximate surface area is 110 Å². The van der Waals surface area contributed by atoms with Gasteiger partial charge in [-0.2, -0.15) is 0 Å². The second-order valence-corrected chi connectivity index (χ2v) is 4.17. The van der Waals surface area contributed by atoms with Crippen LogP contribution >= 0.6 is 0 Å². The Balaban J connectivity index is 1.95. The number of rotatable bonds is 2. The van der Waals surface area contributed by atoms with Crippen molar-refractivity contribution in [3.8, 4) is 5.75 Å². The van der Waals surface area contributed by atoms with E-state index in [4.69, 9.17) is 0 Å². The van der Waals surface area contributed by atoms with Gasteiger partial charge in [-0.05, 0) is 42.5 Å². The second kappa shape index (κ2) is 4.90. The predicted octanol–water partition coefficient (Wildman–Crippen LogP) is 3.51. The van der Waals surface area contributed by atoms with E-state index in [1.165, 1.54) is 0 Å². The first-order chi connectivity index (χ1) is 9.33. The normalized spacial score (nSPS) is 11.2. The Kier molecular flexibility index (Phi) is 2.94. The Morgan fingerprint density at radius 2 is 1.74 bits per heavy atom.